The number of hydrogen-bond acceptors (Lipinski definition) is 2. The summed E-state index contributed by atoms with van der Waals surface area (Å²) in [6.45, 7) is -0.433. The second-order valence-corrected chi connectivity index (χ2v) is 2.81. The average molecular weight is 208 g/mol. The highest BCUT2D eigenvalue weighted by molar-refractivity contribution is 5.45. The van der Waals surface area contributed by atoms with Gasteiger partial charge in [0.05, 0.1) is 12.2 Å². The molecule has 0 fully saturated rings. The van der Waals surface area contributed by atoms with Crippen LogP contribution in [0.4, 0.5) is 4.39 Å². The molecule has 0 saturated carbocycles. The first-order valence-corrected chi connectivity index (χ1v) is 4.76. The number of para-hydroxylation sites is 1. The minimum Gasteiger partial charge on any atom is -0.490 e. The number of halogens is 1. The van der Waals surface area contributed by atoms with Crippen molar-refractivity contribution >= 4 is 0 Å². The molecule has 0 bridgehead atoms. The van der Waals surface area contributed by atoms with Crippen LogP contribution in [0.1, 0.15) is 12.0 Å². The van der Waals surface area contributed by atoms with Gasteiger partial charge in [0, 0.05) is 6.42 Å². The van der Waals surface area contributed by atoms with Crippen molar-refractivity contribution in [3.8, 4) is 17.6 Å². The molecule has 0 aliphatic heterocycles. The van der Waals surface area contributed by atoms with Crippen molar-refractivity contribution in [3.05, 3.63) is 29.8 Å². The maximum absolute atomic E-state index is 11.9. The zero-order valence-electron chi connectivity index (χ0n) is 8.37. The number of alkyl halides is 1. The monoisotopic (exact) mass is 208 g/mol. The lowest BCUT2D eigenvalue weighted by atomic mass is 10.2. The van der Waals surface area contributed by atoms with Crippen molar-refractivity contribution < 1.29 is 14.2 Å². The van der Waals surface area contributed by atoms with Gasteiger partial charge in [-0.15, -0.1) is 0 Å². The molecule has 0 atom stereocenters. The van der Waals surface area contributed by atoms with E-state index in [9.17, 15) is 4.39 Å². The maximum atomic E-state index is 11.9. The molecule has 0 aromatic heterocycles. The number of ether oxygens (including phenoxy) is 1. The van der Waals surface area contributed by atoms with Crippen LogP contribution in [-0.2, 0) is 0 Å². The van der Waals surface area contributed by atoms with Crippen molar-refractivity contribution in [1.82, 2.24) is 0 Å². The second kappa shape index (κ2) is 6.86. The van der Waals surface area contributed by atoms with E-state index in [0.717, 1.165) is 5.56 Å². The fraction of sp³-hybridized carbons (Fsp3) is 0.333. The Kier molecular flexibility index (Phi) is 5.28. The molecule has 0 radical (unpaired) electrons. The van der Waals surface area contributed by atoms with E-state index in [1.165, 1.54) is 0 Å². The molecule has 1 aromatic rings. The molecule has 3 heteroatoms. The lowest BCUT2D eigenvalue weighted by Crippen LogP contribution is -2.00. The standard InChI is InChI=1S/C12H13FO2/c13-8-10-15-12-7-2-1-5-11(12)6-3-4-9-14/h1-2,5,7,14H,4,8-10H2. The number of benzene rings is 1. The van der Waals surface area contributed by atoms with Crippen LogP contribution >= 0.6 is 0 Å². The van der Waals surface area contributed by atoms with Gasteiger partial charge < -0.3 is 9.84 Å². The van der Waals surface area contributed by atoms with Crippen LogP contribution in [0.15, 0.2) is 24.3 Å². The first-order chi connectivity index (χ1) is 7.38. The molecule has 1 N–H and O–H groups in total. The minimum atomic E-state index is -0.515. The first-order valence-electron chi connectivity index (χ1n) is 4.76. The molecule has 80 valence electrons. The summed E-state index contributed by atoms with van der Waals surface area (Å²) in [5, 5.41) is 8.57. The molecule has 15 heavy (non-hydrogen) atoms. The highest BCUT2D eigenvalue weighted by atomic mass is 19.1. The van der Waals surface area contributed by atoms with Gasteiger partial charge in [-0.1, -0.05) is 24.0 Å². The van der Waals surface area contributed by atoms with Gasteiger partial charge in [-0.25, -0.2) is 4.39 Å². The van der Waals surface area contributed by atoms with Crippen molar-refractivity contribution in [2.45, 2.75) is 6.42 Å². The van der Waals surface area contributed by atoms with Crippen LogP contribution in [0.2, 0.25) is 0 Å². The Morgan fingerprint density at radius 1 is 1.33 bits per heavy atom. The largest absolute Gasteiger partial charge is 0.490 e. The van der Waals surface area contributed by atoms with Crippen LogP contribution in [-0.4, -0.2) is 25.0 Å². The summed E-state index contributed by atoms with van der Waals surface area (Å²) >= 11 is 0. The molecule has 0 saturated heterocycles. The van der Waals surface area contributed by atoms with E-state index in [2.05, 4.69) is 11.8 Å². The summed E-state index contributed by atoms with van der Waals surface area (Å²) in [6.07, 6.45) is 0.428. The van der Waals surface area contributed by atoms with Gasteiger partial charge in [0.15, 0.2) is 0 Å². The second-order valence-electron chi connectivity index (χ2n) is 2.81. The van der Waals surface area contributed by atoms with Gasteiger partial charge >= 0.3 is 0 Å². The molecule has 1 aromatic carbocycles. The molecule has 0 amide bonds. The third-order valence-electron chi connectivity index (χ3n) is 1.68. The Morgan fingerprint density at radius 2 is 2.13 bits per heavy atom. The summed E-state index contributed by atoms with van der Waals surface area (Å²) in [6, 6.07) is 7.20. The van der Waals surface area contributed by atoms with Crippen LogP contribution in [0.5, 0.6) is 5.75 Å². The SMILES string of the molecule is OCCC#Cc1ccccc1OCCF. The van der Waals surface area contributed by atoms with E-state index in [-0.39, 0.29) is 13.2 Å². The smallest absolute Gasteiger partial charge is 0.135 e. The lowest BCUT2D eigenvalue weighted by molar-refractivity contribution is 0.272. The van der Waals surface area contributed by atoms with E-state index in [1.807, 2.05) is 12.1 Å². The van der Waals surface area contributed by atoms with Gasteiger partial charge in [0.2, 0.25) is 0 Å². The Morgan fingerprint density at radius 3 is 2.87 bits per heavy atom. The van der Waals surface area contributed by atoms with Crippen molar-refractivity contribution in [2.75, 3.05) is 19.9 Å². The molecule has 0 unspecified atom stereocenters. The highest BCUT2D eigenvalue weighted by Crippen LogP contribution is 2.16. The lowest BCUT2D eigenvalue weighted by Gasteiger charge is -2.05. The summed E-state index contributed by atoms with van der Waals surface area (Å²) in [4.78, 5) is 0. The molecule has 0 aliphatic carbocycles. The van der Waals surface area contributed by atoms with Crippen LogP contribution in [0, 0.1) is 11.8 Å². The van der Waals surface area contributed by atoms with Crippen molar-refractivity contribution in [3.63, 3.8) is 0 Å². The van der Waals surface area contributed by atoms with E-state index in [4.69, 9.17) is 9.84 Å². The number of aliphatic hydroxyl groups excluding tert-OH is 1. The predicted molar refractivity (Wildman–Crippen MR) is 56.5 cm³/mol. The molecule has 0 spiro atoms. The number of aliphatic hydroxyl groups is 1. The van der Waals surface area contributed by atoms with Crippen LogP contribution in [0.25, 0.3) is 0 Å². The Bertz CT molecular complexity index is 352. The van der Waals surface area contributed by atoms with E-state index in [0.29, 0.717) is 12.2 Å². The highest BCUT2D eigenvalue weighted by Gasteiger charge is 1.98. The summed E-state index contributed by atoms with van der Waals surface area (Å²) in [7, 11) is 0. The third-order valence-corrected chi connectivity index (χ3v) is 1.68. The summed E-state index contributed by atoms with van der Waals surface area (Å²) in [5.74, 6) is 6.24. The van der Waals surface area contributed by atoms with E-state index >= 15 is 0 Å². The Hall–Kier alpha value is -1.53. The molecular weight excluding hydrogens is 195 g/mol. The Labute approximate surface area is 88.7 Å². The molecule has 0 heterocycles. The average Bonchev–Trinajstić information content (AvgIpc) is 2.28. The Balaban J connectivity index is 2.73. The van der Waals surface area contributed by atoms with Gasteiger partial charge in [0.1, 0.15) is 19.0 Å². The quantitative estimate of drug-likeness (QED) is 0.764. The molecular formula is C12H13FO2. The predicted octanol–water partition coefficient (Wildman–Crippen LogP) is 1.77. The third kappa shape index (κ3) is 4.01. The summed E-state index contributed by atoms with van der Waals surface area (Å²) in [5.41, 5.74) is 0.722. The molecule has 1 rings (SSSR count). The maximum Gasteiger partial charge on any atom is 0.135 e. The van der Waals surface area contributed by atoms with Gasteiger partial charge in [0.25, 0.3) is 0 Å². The normalized spacial score (nSPS) is 9.20. The zero-order chi connectivity index (χ0) is 10.9. The molecule has 2 nitrogen and oxygen atoms in total. The van der Waals surface area contributed by atoms with Gasteiger partial charge in [-0.2, -0.15) is 0 Å². The van der Waals surface area contributed by atoms with Crippen LogP contribution in [0.3, 0.4) is 0 Å². The van der Waals surface area contributed by atoms with E-state index < -0.39 is 6.67 Å². The van der Waals surface area contributed by atoms with Gasteiger partial charge in [-0.05, 0) is 12.1 Å². The topological polar surface area (TPSA) is 29.5 Å². The number of hydrogen-bond donors (Lipinski definition) is 1. The van der Waals surface area contributed by atoms with E-state index in [1.54, 1.807) is 12.1 Å². The fourth-order valence-electron chi connectivity index (χ4n) is 1.06. The zero-order valence-corrected chi connectivity index (χ0v) is 8.37. The molecule has 0 aliphatic rings. The number of rotatable bonds is 4. The minimum absolute atomic E-state index is 0.0404. The van der Waals surface area contributed by atoms with Crippen LogP contribution < -0.4 is 4.74 Å². The van der Waals surface area contributed by atoms with Gasteiger partial charge in [-0.3, -0.25) is 0 Å². The fourth-order valence-corrected chi connectivity index (χ4v) is 1.06. The summed E-state index contributed by atoms with van der Waals surface area (Å²) < 4.78 is 17.1. The first kappa shape index (κ1) is 11.5. The van der Waals surface area contributed by atoms with Crippen molar-refractivity contribution in [2.24, 2.45) is 0 Å². The van der Waals surface area contributed by atoms with Crippen molar-refractivity contribution in [1.29, 1.82) is 0 Å².